The molecule has 3 rings (SSSR count). The second-order valence-electron chi connectivity index (χ2n) is 5.84. The summed E-state index contributed by atoms with van der Waals surface area (Å²) in [5, 5.41) is 10.9. The van der Waals surface area contributed by atoms with Gasteiger partial charge in [-0.05, 0) is 56.5 Å². The first-order valence-electron chi connectivity index (χ1n) is 7.47. The molecule has 0 spiro atoms. The van der Waals surface area contributed by atoms with Crippen molar-refractivity contribution in [1.82, 2.24) is 9.88 Å². The Morgan fingerprint density at radius 1 is 1.25 bits per heavy atom. The Hall–Kier alpha value is -1.45. The number of benzene rings is 1. The van der Waals surface area contributed by atoms with E-state index in [9.17, 15) is 5.11 Å². The lowest BCUT2D eigenvalue weighted by molar-refractivity contribution is 0.0696. The highest BCUT2D eigenvalue weighted by Crippen LogP contribution is 2.24. The van der Waals surface area contributed by atoms with Crippen molar-refractivity contribution in [2.75, 3.05) is 13.1 Å². The fourth-order valence-corrected chi connectivity index (χ4v) is 3.13. The van der Waals surface area contributed by atoms with Gasteiger partial charge in [0.2, 0.25) is 0 Å². The van der Waals surface area contributed by atoms with Gasteiger partial charge < -0.3 is 5.11 Å². The van der Waals surface area contributed by atoms with Crippen LogP contribution in [0.4, 0.5) is 0 Å². The van der Waals surface area contributed by atoms with Crippen LogP contribution < -0.4 is 0 Å². The monoisotopic (exact) mass is 270 g/mol. The predicted octanol–water partition coefficient (Wildman–Crippen LogP) is 2.83. The summed E-state index contributed by atoms with van der Waals surface area (Å²) in [6.45, 7) is 5.05. The summed E-state index contributed by atoms with van der Waals surface area (Å²) in [6.07, 6.45) is 3.93. The molecule has 1 unspecified atom stereocenters. The van der Waals surface area contributed by atoms with Gasteiger partial charge in [-0.1, -0.05) is 18.2 Å². The van der Waals surface area contributed by atoms with E-state index < -0.39 is 0 Å². The minimum atomic E-state index is -0.168. The van der Waals surface area contributed by atoms with Gasteiger partial charge in [-0.2, -0.15) is 0 Å². The number of rotatable bonds is 3. The number of aliphatic hydroxyl groups excluding tert-OH is 1. The lowest BCUT2D eigenvalue weighted by Crippen LogP contribution is -2.36. The van der Waals surface area contributed by atoms with Crippen molar-refractivity contribution in [1.29, 1.82) is 0 Å². The first-order valence-corrected chi connectivity index (χ1v) is 7.47. The number of para-hydroxylation sites is 1. The van der Waals surface area contributed by atoms with E-state index in [0.717, 1.165) is 38.0 Å². The molecule has 1 aromatic heterocycles. The van der Waals surface area contributed by atoms with E-state index in [0.29, 0.717) is 5.92 Å². The minimum absolute atomic E-state index is 0.168. The fraction of sp³-hybridized carbons (Fsp3) is 0.471. The summed E-state index contributed by atoms with van der Waals surface area (Å²) in [5.41, 5.74) is 2.43. The van der Waals surface area contributed by atoms with Crippen molar-refractivity contribution >= 4 is 10.9 Å². The molecule has 0 amide bonds. The lowest BCUT2D eigenvalue weighted by atomic mass is 9.92. The number of nitrogens with zero attached hydrogens (tertiary/aromatic N) is 2. The molecule has 20 heavy (non-hydrogen) atoms. The fourth-order valence-electron chi connectivity index (χ4n) is 3.13. The molecular weight excluding hydrogens is 248 g/mol. The van der Waals surface area contributed by atoms with Gasteiger partial charge in [0, 0.05) is 18.1 Å². The summed E-state index contributed by atoms with van der Waals surface area (Å²) in [7, 11) is 0. The first-order chi connectivity index (χ1) is 9.74. The maximum atomic E-state index is 9.67. The van der Waals surface area contributed by atoms with Crippen LogP contribution >= 0.6 is 0 Å². The van der Waals surface area contributed by atoms with Crippen LogP contribution in [0.15, 0.2) is 36.5 Å². The number of piperidine rings is 1. The lowest BCUT2D eigenvalue weighted by Gasteiger charge is -2.33. The van der Waals surface area contributed by atoms with Crippen molar-refractivity contribution < 1.29 is 5.11 Å². The van der Waals surface area contributed by atoms with Crippen molar-refractivity contribution in [2.24, 2.45) is 5.92 Å². The zero-order valence-corrected chi connectivity index (χ0v) is 12.0. The molecule has 0 radical (unpaired) electrons. The second kappa shape index (κ2) is 5.90. The van der Waals surface area contributed by atoms with Gasteiger partial charge in [-0.25, -0.2) is 0 Å². The van der Waals surface area contributed by atoms with E-state index in [1.807, 2.05) is 19.2 Å². The standard InChI is InChI=1S/C17H22N2O/c1-13(20)14-7-10-19(11-8-14)12-15-6-9-18-17-5-3-2-4-16(15)17/h2-6,9,13-14,20H,7-8,10-12H2,1H3. The Balaban J connectivity index is 1.72. The zero-order chi connectivity index (χ0) is 13.9. The highest BCUT2D eigenvalue weighted by Gasteiger charge is 2.22. The van der Waals surface area contributed by atoms with Crippen LogP contribution in [0.5, 0.6) is 0 Å². The normalized spacial score (nSPS) is 19.3. The van der Waals surface area contributed by atoms with Gasteiger partial charge in [0.15, 0.2) is 0 Å². The highest BCUT2D eigenvalue weighted by atomic mass is 16.3. The third-order valence-corrected chi connectivity index (χ3v) is 4.45. The first kappa shape index (κ1) is 13.5. The molecule has 2 aromatic rings. The number of likely N-dealkylation sites (tertiary alicyclic amines) is 1. The number of fused-ring (bicyclic) bond motifs is 1. The maximum Gasteiger partial charge on any atom is 0.0705 e. The van der Waals surface area contributed by atoms with Crippen molar-refractivity contribution in [3.8, 4) is 0 Å². The molecule has 1 aromatic carbocycles. The van der Waals surface area contributed by atoms with E-state index in [2.05, 4.69) is 34.1 Å². The maximum absolute atomic E-state index is 9.67. The van der Waals surface area contributed by atoms with Gasteiger partial charge in [0.1, 0.15) is 0 Å². The molecule has 3 nitrogen and oxygen atoms in total. The number of aliphatic hydroxyl groups is 1. The summed E-state index contributed by atoms with van der Waals surface area (Å²) >= 11 is 0. The zero-order valence-electron chi connectivity index (χ0n) is 12.0. The Morgan fingerprint density at radius 3 is 2.75 bits per heavy atom. The van der Waals surface area contributed by atoms with E-state index in [-0.39, 0.29) is 6.10 Å². The molecule has 0 saturated carbocycles. The summed E-state index contributed by atoms with van der Waals surface area (Å²) in [4.78, 5) is 6.91. The number of hydrogen-bond acceptors (Lipinski definition) is 3. The number of pyridine rings is 1. The second-order valence-corrected chi connectivity index (χ2v) is 5.84. The molecule has 1 N–H and O–H groups in total. The third-order valence-electron chi connectivity index (χ3n) is 4.45. The minimum Gasteiger partial charge on any atom is -0.393 e. The van der Waals surface area contributed by atoms with Crippen LogP contribution in [-0.2, 0) is 6.54 Å². The van der Waals surface area contributed by atoms with E-state index in [1.165, 1.54) is 10.9 Å². The average Bonchev–Trinajstić information content (AvgIpc) is 2.48. The molecule has 106 valence electrons. The molecule has 1 aliphatic heterocycles. The van der Waals surface area contributed by atoms with E-state index in [4.69, 9.17) is 0 Å². The van der Waals surface area contributed by atoms with Gasteiger partial charge in [-0.3, -0.25) is 9.88 Å². The van der Waals surface area contributed by atoms with E-state index >= 15 is 0 Å². The largest absolute Gasteiger partial charge is 0.393 e. The van der Waals surface area contributed by atoms with Crippen molar-refractivity contribution in [2.45, 2.75) is 32.4 Å². The van der Waals surface area contributed by atoms with Gasteiger partial charge >= 0.3 is 0 Å². The predicted molar refractivity (Wildman–Crippen MR) is 81.4 cm³/mol. The number of hydrogen-bond donors (Lipinski definition) is 1. The highest BCUT2D eigenvalue weighted by molar-refractivity contribution is 5.81. The smallest absolute Gasteiger partial charge is 0.0705 e. The summed E-state index contributed by atoms with van der Waals surface area (Å²) in [6, 6.07) is 10.5. The van der Waals surface area contributed by atoms with Crippen LogP contribution in [0, 0.1) is 5.92 Å². The third kappa shape index (κ3) is 2.84. The van der Waals surface area contributed by atoms with Crippen LogP contribution in [0.3, 0.4) is 0 Å². The number of aromatic nitrogens is 1. The molecule has 1 aliphatic rings. The molecule has 3 heteroatoms. The van der Waals surface area contributed by atoms with Crippen molar-refractivity contribution in [3.63, 3.8) is 0 Å². The van der Waals surface area contributed by atoms with Crippen LogP contribution in [0.2, 0.25) is 0 Å². The Morgan fingerprint density at radius 2 is 2.00 bits per heavy atom. The van der Waals surface area contributed by atoms with Crippen LogP contribution in [0.1, 0.15) is 25.3 Å². The summed E-state index contributed by atoms with van der Waals surface area (Å²) < 4.78 is 0. The van der Waals surface area contributed by atoms with Gasteiger partial charge in [-0.15, -0.1) is 0 Å². The quantitative estimate of drug-likeness (QED) is 0.931. The Labute approximate surface area is 120 Å². The van der Waals surface area contributed by atoms with Crippen LogP contribution in [0.25, 0.3) is 10.9 Å². The molecular formula is C17H22N2O. The summed E-state index contributed by atoms with van der Waals surface area (Å²) in [5.74, 6) is 0.473. The molecule has 1 saturated heterocycles. The SMILES string of the molecule is CC(O)C1CCN(Cc2ccnc3ccccc23)CC1. The van der Waals surface area contributed by atoms with Crippen molar-refractivity contribution in [3.05, 3.63) is 42.1 Å². The molecule has 1 fully saturated rings. The molecule has 2 heterocycles. The Bertz CT molecular complexity index is 569. The van der Waals surface area contributed by atoms with Gasteiger partial charge in [0.25, 0.3) is 0 Å². The topological polar surface area (TPSA) is 36.4 Å². The molecule has 1 atom stereocenters. The van der Waals surface area contributed by atoms with Gasteiger partial charge in [0.05, 0.1) is 11.6 Å². The molecule has 0 bridgehead atoms. The molecule has 0 aliphatic carbocycles. The van der Waals surface area contributed by atoms with E-state index in [1.54, 1.807) is 0 Å². The van der Waals surface area contributed by atoms with Crippen LogP contribution in [-0.4, -0.2) is 34.2 Å². The average molecular weight is 270 g/mol. The Kier molecular flexibility index (Phi) is 3.99.